The molecule has 1 fully saturated rings. The van der Waals surface area contributed by atoms with Gasteiger partial charge in [0.05, 0.1) is 11.5 Å². The summed E-state index contributed by atoms with van der Waals surface area (Å²) in [6.45, 7) is 3.42. The summed E-state index contributed by atoms with van der Waals surface area (Å²) in [6, 6.07) is 5.01. The van der Waals surface area contributed by atoms with E-state index in [2.05, 4.69) is 0 Å². The molecule has 0 aliphatic carbocycles. The van der Waals surface area contributed by atoms with E-state index in [0.717, 1.165) is 12.8 Å². The van der Waals surface area contributed by atoms with Gasteiger partial charge in [0.1, 0.15) is 0 Å². The second kappa shape index (κ2) is 6.43. The zero-order valence-corrected chi connectivity index (χ0v) is 13.4. The van der Waals surface area contributed by atoms with Gasteiger partial charge in [-0.3, -0.25) is 0 Å². The van der Waals surface area contributed by atoms with Gasteiger partial charge in [-0.1, -0.05) is 17.7 Å². The van der Waals surface area contributed by atoms with Gasteiger partial charge in [-0.15, -0.1) is 0 Å². The monoisotopic (exact) mass is 317 g/mol. The van der Waals surface area contributed by atoms with E-state index in [9.17, 15) is 8.42 Å². The number of benzene rings is 1. The maximum absolute atomic E-state index is 12.7. The third-order valence-electron chi connectivity index (χ3n) is 3.72. The quantitative estimate of drug-likeness (QED) is 0.857. The lowest BCUT2D eigenvalue weighted by Crippen LogP contribution is -2.41. The van der Waals surface area contributed by atoms with Crippen LogP contribution in [0.1, 0.15) is 18.4 Å². The van der Waals surface area contributed by atoms with Gasteiger partial charge in [0.2, 0.25) is 10.0 Å². The molecule has 1 saturated heterocycles. The fraction of sp³-hybridized carbons (Fsp3) is 0.571. The number of hydrogen-bond acceptors (Lipinski definition) is 3. The summed E-state index contributed by atoms with van der Waals surface area (Å²) in [5.74, 6) is 0.267. The van der Waals surface area contributed by atoms with Crippen LogP contribution in [0, 0.1) is 12.8 Å². The second-order valence-electron chi connectivity index (χ2n) is 5.19. The third kappa shape index (κ3) is 3.17. The highest BCUT2D eigenvalue weighted by Crippen LogP contribution is 2.28. The van der Waals surface area contributed by atoms with E-state index in [4.69, 9.17) is 16.3 Å². The van der Waals surface area contributed by atoms with E-state index >= 15 is 0 Å². The Morgan fingerprint density at radius 2 is 2.20 bits per heavy atom. The van der Waals surface area contributed by atoms with Crippen LogP contribution >= 0.6 is 11.6 Å². The first-order chi connectivity index (χ1) is 9.46. The first-order valence-electron chi connectivity index (χ1n) is 6.71. The summed E-state index contributed by atoms with van der Waals surface area (Å²) in [6.07, 6.45) is 1.88. The largest absolute Gasteiger partial charge is 0.384 e. The number of piperidine rings is 1. The highest BCUT2D eigenvalue weighted by atomic mass is 35.5. The van der Waals surface area contributed by atoms with Crippen LogP contribution in [-0.4, -0.2) is 39.5 Å². The van der Waals surface area contributed by atoms with Crippen molar-refractivity contribution in [2.24, 2.45) is 5.92 Å². The van der Waals surface area contributed by atoms with Crippen LogP contribution < -0.4 is 0 Å². The predicted molar refractivity (Wildman–Crippen MR) is 79.5 cm³/mol. The number of sulfonamides is 1. The average molecular weight is 318 g/mol. The van der Waals surface area contributed by atoms with Crippen molar-refractivity contribution >= 4 is 21.6 Å². The molecule has 2 rings (SSSR count). The Morgan fingerprint density at radius 1 is 1.45 bits per heavy atom. The van der Waals surface area contributed by atoms with E-state index in [0.29, 0.717) is 35.2 Å². The van der Waals surface area contributed by atoms with E-state index in [1.807, 2.05) is 0 Å². The van der Waals surface area contributed by atoms with E-state index in [1.54, 1.807) is 36.5 Å². The van der Waals surface area contributed by atoms with E-state index < -0.39 is 10.0 Å². The lowest BCUT2D eigenvalue weighted by Gasteiger charge is -2.32. The zero-order chi connectivity index (χ0) is 14.8. The fourth-order valence-electron chi connectivity index (χ4n) is 2.62. The molecule has 1 aromatic rings. The first kappa shape index (κ1) is 15.8. The SMILES string of the molecule is COCC1CCCN(S(=O)(=O)c2cccc(Cl)c2C)C1. The molecule has 4 nitrogen and oxygen atoms in total. The minimum absolute atomic E-state index is 0.267. The average Bonchev–Trinajstić information content (AvgIpc) is 2.42. The van der Waals surface area contributed by atoms with E-state index in [1.165, 1.54) is 0 Å². The van der Waals surface area contributed by atoms with Crippen LogP contribution in [-0.2, 0) is 14.8 Å². The summed E-state index contributed by atoms with van der Waals surface area (Å²) in [5.41, 5.74) is 0.614. The van der Waals surface area contributed by atoms with Gasteiger partial charge in [-0.05, 0) is 43.4 Å². The van der Waals surface area contributed by atoms with Crippen LogP contribution in [0.5, 0.6) is 0 Å². The van der Waals surface area contributed by atoms with Gasteiger partial charge in [-0.25, -0.2) is 8.42 Å². The molecule has 0 amide bonds. The maximum atomic E-state index is 12.7. The van der Waals surface area contributed by atoms with Gasteiger partial charge in [0.25, 0.3) is 0 Å². The minimum Gasteiger partial charge on any atom is -0.384 e. The van der Waals surface area contributed by atoms with Crippen molar-refractivity contribution in [1.82, 2.24) is 4.31 Å². The molecule has 0 aromatic heterocycles. The summed E-state index contributed by atoms with van der Waals surface area (Å²) in [4.78, 5) is 0.308. The lowest BCUT2D eigenvalue weighted by molar-refractivity contribution is 0.118. The molecule has 0 radical (unpaired) electrons. The molecule has 0 saturated carbocycles. The number of methoxy groups -OCH3 is 1. The Kier molecular flexibility index (Phi) is 5.07. The highest BCUT2D eigenvalue weighted by Gasteiger charge is 2.31. The number of ether oxygens (including phenoxy) is 1. The molecule has 20 heavy (non-hydrogen) atoms. The molecule has 1 atom stereocenters. The van der Waals surface area contributed by atoms with Crippen molar-refractivity contribution in [2.75, 3.05) is 26.8 Å². The molecular formula is C14H20ClNO3S. The molecule has 1 heterocycles. The van der Waals surface area contributed by atoms with Crippen molar-refractivity contribution in [3.63, 3.8) is 0 Å². The molecule has 0 spiro atoms. The normalized spacial score (nSPS) is 21.1. The van der Waals surface area contributed by atoms with Crippen molar-refractivity contribution in [2.45, 2.75) is 24.7 Å². The maximum Gasteiger partial charge on any atom is 0.243 e. The Balaban J connectivity index is 2.28. The first-order valence-corrected chi connectivity index (χ1v) is 8.53. The smallest absolute Gasteiger partial charge is 0.243 e. The van der Waals surface area contributed by atoms with Gasteiger partial charge in [0, 0.05) is 25.2 Å². The molecule has 1 aromatic carbocycles. The molecular weight excluding hydrogens is 298 g/mol. The molecule has 1 aliphatic heterocycles. The van der Waals surface area contributed by atoms with Gasteiger partial charge in [-0.2, -0.15) is 4.31 Å². The number of halogens is 1. The number of nitrogens with zero attached hydrogens (tertiary/aromatic N) is 1. The Morgan fingerprint density at radius 3 is 2.90 bits per heavy atom. The zero-order valence-electron chi connectivity index (χ0n) is 11.8. The summed E-state index contributed by atoms with van der Waals surface area (Å²) in [5, 5.41) is 0.483. The van der Waals surface area contributed by atoms with Crippen LogP contribution in [0.2, 0.25) is 5.02 Å². The number of hydrogen-bond donors (Lipinski definition) is 0. The van der Waals surface area contributed by atoms with Gasteiger partial charge in [0.15, 0.2) is 0 Å². The Bertz CT molecular complexity index is 572. The van der Waals surface area contributed by atoms with Gasteiger partial charge < -0.3 is 4.74 Å². The van der Waals surface area contributed by atoms with Crippen LogP contribution in [0.4, 0.5) is 0 Å². The van der Waals surface area contributed by atoms with Crippen molar-refractivity contribution in [3.8, 4) is 0 Å². The highest BCUT2D eigenvalue weighted by molar-refractivity contribution is 7.89. The summed E-state index contributed by atoms with van der Waals surface area (Å²) >= 11 is 6.03. The topological polar surface area (TPSA) is 46.6 Å². The third-order valence-corrected chi connectivity index (χ3v) is 6.14. The van der Waals surface area contributed by atoms with Crippen molar-refractivity contribution < 1.29 is 13.2 Å². The lowest BCUT2D eigenvalue weighted by atomic mass is 10.0. The fourth-order valence-corrected chi connectivity index (χ4v) is 4.66. The second-order valence-corrected chi connectivity index (χ2v) is 7.50. The molecule has 6 heteroatoms. The minimum atomic E-state index is -3.47. The van der Waals surface area contributed by atoms with Crippen molar-refractivity contribution in [1.29, 1.82) is 0 Å². The summed E-state index contributed by atoms with van der Waals surface area (Å²) in [7, 11) is -1.83. The van der Waals surface area contributed by atoms with Crippen molar-refractivity contribution in [3.05, 3.63) is 28.8 Å². The molecule has 0 N–H and O–H groups in total. The summed E-state index contributed by atoms with van der Waals surface area (Å²) < 4.78 is 32.2. The van der Waals surface area contributed by atoms with Crippen LogP contribution in [0.3, 0.4) is 0 Å². The predicted octanol–water partition coefficient (Wildman–Crippen LogP) is 2.70. The van der Waals surface area contributed by atoms with E-state index in [-0.39, 0.29) is 5.92 Å². The molecule has 1 aliphatic rings. The van der Waals surface area contributed by atoms with Crippen LogP contribution in [0.25, 0.3) is 0 Å². The molecule has 112 valence electrons. The number of rotatable bonds is 4. The Hall–Kier alpha value is -0.620. The molecule has 0 bridgehead atoms. The standard InChI is InChI=1S/C14H20ClNO3S/c1-11-13(15)6-3-7-14(11)20(17,18)16-8-4-5-12(9-16)10-19-2/h3,6-7,12H,4-5,8-10H2,1-2H3. The van der Waals surface area contributed by atoms with Gasteiger partial charge >= 0.3 is 0 Å². The van der Waals surface area contributed by atoms with Crippen LogP contribution in [0.15, 0.2) is 23.1 Å². The Labute approximate surface area is 125 Å². The molecule has 1 unspecified atom stereocenters.